The average Bonchev–Trinajstić information content (AvgIpc) is 2.46. The summed E-state index contributed by atoms with van der Waals surface area (Å²) in [5.74, 6) is 0.907. The van der Waals surface area contributed by atoms with Crippen LogP contribution in [0, 0.1) is 16.0 Å². The van der Waals surface area contributed by atoms with Crippen molar-refractivity contribution in [1.29, 1.82) is 0 Å². The van der Waals surface area contributed by atoms with Crippen molar-refractivity contribution in [2.24, 2.45) is 5.92 Å². The molecule has 0 bridgehead atoms. The zero-order valence-electron chi connectivity index (χ0n) is 13.1. The van der Waals surface area contributed by atoms with Crippen molar-refractivity contribution in [2.75, 3.05) is 20.3 Å². The van der Waals surface area contributed by atoms with Crippen LogP contribution >= 0.6 is 0 Å². The first-order chi connectivity index (χ1) is 9.97. The summed E-state index contributed by atoms with van der Waals surface area (Å²) in [5, 5.41) is 14.3. The quantitative estimate of drug-likeness (QED) is 0.560. The number of rotatable bonds is 9. The van der Waals surface area contributed by atoms with Crippen LogP contribution in [0.5, 0.6) is 5.75 Å². The van der Waals surface area contributed by atoms with Gasteiger partial charge in [0.05, 0.1) is 24.7 Å². The molecule has 1 unspecified atom stereocenters. The van der Waals surface area contributed by atoms with Crippen LogP contribution in [0.1, 0.15) is 26.3 Å². The van der Waals surface area contributed by atoms with Crippen LogP contribution in [-0.2, 0) is 11.3 Å². The Hall–Kier alpha value is -1.66. The van der Waals surface area contributed by atoms with Gasteiger partial charge in [0.15, 0.2) is 0 Å². The monoisotopic (exact) mass is 296 g/mol. The Morgan fingerprint density at radius 2 is 2.05 bits per heavy atom. The van der Waals surface area contributed by atoms with Crippen molar-refractivity contribution in [3.63, 3.8) is 0 Å². The van der Waals surface area contributed by atoms with Crippen LogP contribution in [-0.4, -0.2) is 31.3 Å². The van der Waals surface area contributed by atoms with Crippen LogP contribution in [0.2, 0.25) is 0 Å². The second kappa shape index (κ2) is 8.59. The fourth-order valence-corrected chi connectivity index (χ4v) is 1.95. The molecule has 0 aliphatic carbocycles. The molecule has 1 aromatic rings. The van der Waals surface area contributed by atoms with E-state index in [2.05, 4.69) is 19.2 Å². The van der Waals surface area contributed by atoms with Crippen LogP contribution in [0.3, 0.4) is 0 Å². The maximum Gasteiger partial charge on any atom is 0.273 e. The third kappa shape index (κ3) is 5.69. The molecule has 0 radical (unpaired) electrons. The maximum atomic E-state index is 10.9. The van der Waals surface area contributed by atoms with Crippen molar-refractivity contribution >= 4 is 5.69 Å². The predicted octanol–water partition coefficient (Wildman–Crippen LogP) is 2.75. The first-order valence-electron chi connectivity index (χ1n) is 7.11. The Bertz CT molecular complexity index is 463. The van der Waals surface area contributed by atoms with Crippen molar-refractivity contribution in [1.82, 2.24) is 5.32 Å². The van der Waals surface area contributed by atoms with Crippen LogP contribution in [0.4, 0.5) is 5.69 Å². The average molecular weight is 296 g/mol. The Morgan fingerprint density at radius 1 is 1.33 bits per heavy atom. The lowest BCUT2D eigenvalue weighted by Crippen LogP contribution is -2.37. The number of nitrogens with zero attached hydrogens (tertiary/aromatic N) is 1. The molecule has 0 aliphatic heterocycles. The number of nitro benzene ring substituents is 1. The van der Waals surface area contributed by atoms with Gasteiger partial charge in [0, 0.05) is 25.3 Å². The van der Waals surface area contributed by atoms with E-state index < -0.39 is 4.92 Å². The topological polar surface area (TPSA) is 73.6 Å². The zero-order valence-corrected chi connectivity index (χ0v) is 13.1. The number of hydrogen-bond donors (Lipinski definition) is 1. The number of benzene rings is 1. The van der Waals surface area contributed by atoms with E-state index in [1.807, 2.05) is 6.92 Å². The zero-order chi connectivity index (χ0) is 15.8. The molecule has 1 rings (SSSR count). The van der Waals surface area contributed by atoms with Gasteiger partial charge in [-0.15, -0.1) is 0 Å². The summed E-state index contributed by atoms with van der Waals surface area (Å²) in [7, 11) is 1.50. The number of non-ortho nitro benzene ring substituents is 1. The van der Waals surface area contributed by atoms with Gasteiger partial charge in [-0.3, -0.25) is 10.1 Å². The molecule has 0 spiro atoms. The van der Waals surface area contributed by atoms with Gasteiger partial charge in [-0.1, -0.05) is 13.8 Å². The number of nitro groups is 1. The first-order valence-corrected chi connectivity index (χ1v) is 7.11. The van der Waals surface area contributed by atoms with Crippen molar-refractivity contribution in [3.05, 3.63) is 33.9 Å². The molecule has 1 N–H and O–H groups in total. The van der Waals surface area contributed by atoms with E-state index in [4.69, 9.17) is 9.47 Å². The highest BCUT2D eigenvalue weighted by molar-refractivity contribution is 5.42. The smallest absolute Gasteiger partial charge is 0.273 e. The molecule has 118 valence electrons. The molecule has 0 fully saturated rings. The van der Waals surface area contributed by atoms with Gasteiger partial charge in [-0.2, -0.15) is 0 Å². The second-order valence-electron chi connectivity index (χ2n) is 5.19. The second-order valence-corrected chi connectivity index (χ2v) is 5.19. The van der Waals surface area contributed by atoms with E-state index >= 15 is 0 Å². The minimum Gasteiger partial charge on any atom is -0.496 e. The number of methoxy groups -OCH3 is 1. The highest BCUT2D eigenvalue weighted by Gasteiger charge is 2.15. The lowest BCUT2D eigenvalue weighted by atomic mass is 10.0. The highest BCUT2D eigenvalue weighted by Crippen LogP contribution is 2.22. The Morgan fingerprint density at radius 3 is 2.57 bits per heavy atom. The molecule has 21 heavy (non-hydrogen) atoms. The van der Waals surface area contributed by atoms with Gasteiger partial charge in [-0.25, -0.2) is 0 Å². The van der Waals surface area contributed by atoms with Crippen LogP contribution < -0.4 is 10.1 Å². The number of ether oxygens (including phenoxy) is 2. The molecule has 1 atom stereocenters. The van der Waals surface area contributed by atoms with Gasteiger partial charge >= 0.3 is 0 Å². The van der Waals surface area contributed by atoms with E-state index in [-0.39, 0.29) is 11.7 Å². The molecule has 0 amide bonds. The molecular weight excluding hydrogens is 272 g/mol. The standard InChI is InChI=1S/C15H24N2O4/c1-5-21-10-15(11(2)3)16-9-12-6-13(17(18)19)8-14(7-12)20-4/h6-8,11,15-16H,5,9-10H2,1-4H3. The molecule has 0 heterocycles. The molecule has 0 aromatic heterocycles. The highest BCUT2D eigenvalue weighted by atomic mass is 16.6. The minimum atomic E-state index is -0.411. The fraction of sp³-hybridized carbons (Fsp3) is 0.600. The summed E-state index contributed by atoms with van der Waals surface area (Å²) in [6.45, 7) is 8.03. The van der Waals surface area contributed by atoms with Gasteiger partial charge in [0.25, 0.3) is 5.69 Å². The van der Waals surface area contributed by atoms with E-state index in [9.17, 15) is 10.1 Å². The maximum absolute atomic E-state index is 10.9. The van der Waals surface area contributed by atoms with Gasteiger partial charge in [-0.05, 0) is 24.5 Å². The van der Waals surface area contributed by atoms with Crippen LogP contribution in [0.25, 0.3) is 0 Å². The SMILES string of the molecule is CCOCC(NCc1cc(OC)cc([N+](=O)[O-])c1)C(C)C. The molecule has 0 saturated heterocycles. The molecule has 0 aliphatic rings. The predicted molar refractivity (Wildman–Crippen MR) is 81.6 cm³/mol. The lowest BCUT2D eigenvalue weighted by molar-refractivity contribution is -0.385. The fourth-order valence-electron chi connectivity index (χ4n) is 1.95. The van der Waals surface area contributed by atoms with E-state index in [1.165, 1.54) is 13.2 Å². The lowest BCUT2D eigenvalue weighted by Gasteiger charge is -2.22. The van der Waals surface area contributed by atoms with Crippen molar-refractivity contribution < 1.29 is 14.4 Å². The summed E-state index contributed by atoms with van der Waals surface area (Å²) in [4.78, 5) is 10.5. The van der Waals surface area contributed by atoms with E-state index in [0.717, 1.165) is 5.56 Å². The summed E-state index contributed by atoms with van der Waals surface area (Å²) < 4.78 is 10.6. The third-order valence-corrected chi connectivity index (χ3v) is 3.27. The Balaban J connectivity index is 2.76. The van der Waals surface area contributed by atoms with E-state index in [0.29, 0.717) is 31.4 Å². The summed E-state index contributed by atoms with van der Waals surface area (Å²) in [5.41, 5.74) is 0.861. The Labute approximate surface area is 125 Å². The molecule has 6 nitrogen and oxygen atoms in total. The minimum absolute atomic E-state index is 0.0389. The molecule has 1 aromatic carbocycles. The van der Waals surface area contributed by atoms with Gasteiger partial charge in [0.2, 0.25) is 0 Å². The van der Waals surface area contributed by atoms with Gasteiger partial charge in [0.1, 0.15) is 5.75 Å². The normalized spacial score (nSPS) is 12.4. The molecular formula is C15H24N2O4. The summed E-state index contributed by atoms with van der Waals surface area (Å²) in [6, 6.07) is 4.99. The number of nitrogens with one attached hydrogen (secondary N) is 1. The van der Waals surface area contributed by atoms with Gasteiger partial charge < -0.3 is 14.8 Å². The summed E-state index contributed by atoms with van der Waals surface area (Å²) >= 11 is 0. The summed E-state index contributed by atoms with van der Waals surface area (Å²) in [6.07, 6.45) is 0. The molecule has 0 saturated carbocycles. The third-order valence-electron chi connectivity index (χ3n) is 3.27. The van der Waals surface area contributed by atoms with Crippen LogP contribution in [0.15, 0.2) is 18.2 Å². The van der Waals surface area contributed by atoms with Crippen molar-refractivity contribution in [2.45, 2.75) is 33.4 Å². The number of hydrogen-bond acceptors (Lipinski definition) is 5. The Kier molecular flexibility index (Phi) is 7.11. The van der Waals surface area contributed by atoms with E-state index in [1.54, 1.807) is 12.1 Å². The molecule has 6 heteroatoms. The largest absolute Gasteiger partial charge is 0.496 e. The van der Waals surface area contributed by atoms with Crippen molar-refractivity contribution in [3.8, 4) is 5.75 Å². The first kappa shape index (κ1) is 17.4.